The summed E-state index contributed by atoms with van der Waals surface area (Å²) < 4.78 is 0.992. The van der Waals surface area contributed by atoms with Crippen LogP contribution in [-0.2, 0) is 4.79 Å². The van der Waals surface area contributed by atoms with Crippen molar-refractivity contribution in [2.75, 3.05) is 11.9 Å². The molecule has 0 fully saturated rings. The van der Waals surface area contributed by atoms with Gasteiger partial charge in [-0.2, -0.15) is 0 Å². The van der Waals surface area contributed by atoms with E-state index < -0.39 is 0 Å². The number of pyridine rings is 1. The summed E-state index contributed by atoms with van der Waals surface area (Å²) in [4.78, 5) is 16.1. The summed E-state index contributed by atoms with van der Waals surface area (Å²) in [5, 5.41) is 6.16. The molecule has 0 aliphatic rings. The Balaban J connectivity index is 1.73. The number of amides is 1. The average molecular weight is 348 g/mol. The lowest BCUT2D eigenvalue weighted by Crippen LogP contribution is -2.24. The highest BCUT2D eigenvalue weighted by atomic mass is 79.9. The predicted octanol–water partition coefficient (Wildman–Crippen LogP) is 3.52. The van der Waals surface area contributed by atoms with Gasteiger partial charge in [-0.25, -0.2) is 0 Å². The maximum atomic E-state index is 11.8. The van der Waals surface area contributed by atoms with Gasteiger partial charge in [0.05, 0.1) is 5.69 Å². The van der Waals surface area contributed by atoms with Crippen LogP contribution in [0.4, 0.5) is 5.69 Å². The maximum Gasteiger partial charge on any atom is 0.225 e. The Kier molecular flexibility index (Phi) is 5.90. The first-order valence-electron chi connectivity index (χ1n) is 6.85. The first-order valence-corrected chi connectivity index (χ1v) is 7.64. The van der Waals surface area contributed by atoms with Crippen LogP contribution in [0.5, 0.6) is 0 Å². The first kappa shape index (κ1) is 15.7. The number of aromatic nitrogens is 1. The lowest BCUT2D eigenvalue weighted by atomic mass is 10.2. The van der Waals surface area contributed by atoms with Crippen LogP contribution in [0.25, 0.3) is 0 Å². The molecule has 2 N–H and O–H groups in total. The van der Waals surface area contributed by atoms with Crippen LogP contribution in [-0.4, -0.2) is 17.4 Å². The number of nitrogens with zero attached hydrogens (tertiary/aromatic N) is 1. The number of anilines is 1. The van der Waals surface area contributed by atoms with Crippen molar-refractivity contribution in [2.45, 2.75) is 19.4 Å². The summed E-state index contributed by atoms with van der Waals surface area (Å²) in [6.45, 7) is 2.65. The molecule has 1 amide bonds. The molecule has 0 spiro atoms. The summed E-state index contributed by atoms with van der Waals surface area (Å²) in [5.74, 6) is -0.00181. The summed E-state index contributed by atoms with van der Waals surface area (Å²) >= 11 is 3.36. The van der Waals surface area contributed by atoms with Gasteiger partial charge in [0.25, 0.3) is 0 Å². The Bertz CT molecular complexity index is 572. The Morgan fingerprint density at radius 3 is 2.67 bits per heavy atom. The molecule has 4 nitrogen and oxygen atoms in total. The van der Waals surface area contributed by atoms with Crippen molar-refractivity contribution in [3.05, 3.63) is 58.8 Å². The van der Waals surface area contributed by atoms with E-state index in [1.54, 1.807) is 6.20 Å². The quantitative estimate of drug-likeness (QED) is 0.840. The highest BCUT2D eigenvalue weighted by Crippen LogP contribution is 2.14. The van der Waals surface area contributed by atoms with Gasteiger partial charge >= 0.3 is 0 Å². The molecular formula is C16H18BrN3O. The first-order chi connectivity index (χ1) is 10.1. The zero-order valence-corrected chi connectivity index (χ0v) is 13.4. The van der Waals surface area contributed by atoms with Crippen molar-refractivity contribution >= 4 is 27.5 Å². The topological polar surface area (TPSA) is 54.0 Å². The lowest BCUT2D eigenvalue weighted by molar-refractivity contribution is -0.116. The molecule has 1 unspecified atom stereocenters. The molecule has 1 aromatic heterocycles. The number of rotatable bonds is 6. The summed E-state index contributed by atoms with van der Waals surface area (Å²) in [6, 6.07) is 13.5. The van der Waals surface area contributed by atoms with Crippen LogP contribution in [0.2, 0.25) is 0 Å². The molecule has 2 rings (SSSR count). The minimum absolute atomic E-state index is 0.00181. The molecule has 0 radical (unpaired) electrons. The van der Waals surface area contributed by atoms with Crippen molar-refractivity contribution in [3.63, 3.8) is 0 Å². The minimum Gasteiger partial charge on any atom is -0.326 e. The van der Waals surface area contributed by atoms with Crippen molar-refractivity contribution in [1.82, 2.24) is 10.3 Å². The molecule has 0 saturated carbocycles. The molecule has 21 heavy (non-hydrogen) atoms. The van der Waals surface area contributed by atoms with Gasteiger partial charge in [0, 0.05) is 35.4 Å². The molecule has 1 atom stereocenters. The van der Waals surface area contributed by atoms with Gasteiger partial charge < -0.3 is 10.6 Å². The van der Waals surface area contributed by atoms with E-state index in [2.05, 4.69) is 31.5 Å². The minimum atomic E-state index is -0.00181. The number of benzene rings is 1. The third-order valence-electron chi connectivity index (χ3n) is 3.06. The van der Waals surface area contributed by atoms with Crippen molar-refractivity contribution in [3.8, 4) is 0 Å². The number of halogens is 1. The standard InChI is InChI=1S/C16H18BrN3O/c1-12(15-4-2-3-10-19-15)18-11-9-16(21)20-14-7-5-13(17)6-8-14/h2-8,10,12,18H,9,11H2,1H3,(H,20,21). The van der Waals surface area contributed by atoms with E-state index in [4.69, 9.17) is 0 Å². The number of hydrogen-bond donors (Lipinski definition) is 2. The van der Waals surface area contributed by atoms with Crippen LogP contribution in [0.1, 0.15) is 25.1 Å². The number of hydrogen-bond acceptors (Lipinski definition) is 3. The van der Waals surface area contributed by atoms with E-state index >= 15 is 0 Å². The Morgan fingerprint density at radius 1 is 1.24 bits per heavy atom. The zero-order chi connectivity index (χ0) is 15.1. The number of carbonyl (C=O) groups excluding carboxylic acids is 1. The third kappa shape index (κ3) is 5.28. The Morgan fingerprint density at radius 2 is 2.00 bits per heavy atom. The highest BCUT2D eigenvalue weighted by Gasteiger charge is 2.07. The summed E-state index contributed by atoms with van der Waals surface area (Å²) in [5.41, 5.74) is 1.78. The summed E-state index contributed by atoms with van der Waals surface area (Å²) in [7, 11) is 0. The largest absolute Gasteiger partial charge is 0.326 e. The molecule has 0 saturated heterocycles. The van der Waals surface area contributed by atoms with Gasteiger partial charge in [-0.15, -0.1) is 0 Å². The predicted molar refractivity (Wildman–Crippen MR) is 88.0 cm³/mol. The van der Waals surface area contributed by atoms with Gasteiger partial charge in [-0.3, -0.25) is 9.78 Å². The highest BCUT2D eigenvalue weighted by molar-refractivity contribution is 9.10. The smallest absolute Gasteiger partial charge is 0.225 e. The zero-order valence-electron chi connectivity index (χ0n) is 11.8. The monoisotopic (exact) mass is 347 g/mol. The Labute approximate surface area is 133 Å². The van der Waals surface area contributed by atoms with Gasteiger partial charge in [0.1, 0.15) is 0 Å². The molecule has 1 aromatic carbocycles. The van der Waals surface area contributed by atoms with Gasteiger partial charge in [-0.05, 0) is 43.3 Å². The van der Waals surface area contributed by atoms with E-state index in [-0.39, 0.29) is 11.9 Å². The molecule has 110 valence electrons. The van der Waals surface area contributed by atoms with E-state index in [0.29, 0.717) is 13.0 Å². The summed E-state index contributed by atoms with van der Waals surface area (Å²) in [6.07, 6.45) is 2.20. The molecule has 0 aliphatic carbocycles. The molecular weight excluding hydrogens is 330 g/mol. The normalized spacial score (nSPS) is 11.9. The van der Waals surface area contributed by atoms with E-state index in [0.717, 1.165) is 15.9 Å². The number of nitrogens with one attached hydrogen (secondary N) is 2. The fourth-order valence-electron chi connectivity index (χ4n) is 1.90. The van der Waals surface area contributed by atoms with Crippen LogP contribution >= 0.6 is 15.9 Å². The second kappa shape index (κ2) is 7.90. The second-order valence-electron chi connectivity index (χ2n) is 4.74. The molecule has 5 heteroatoms. The molecule has 1 heterocycles. The lowest BCUT2D eigenvalue weighted by Gasteiger charge is -2.13. The van der Waals surface area contributed by atoms with Crippen LogP contribution in [0.15, 0.2) is 53.1 Å². The number of carbonyl (C=O) groups is 1. The van der Waals surface area contributed by atoms with Crippen molar-refractivity contribution in [1.29, 1.82) is 0 Å². The van der Waals surface area contributed by atoms with Gasteiger partial charge in [0.15, 0.2) is 0 Å². The fraction of sp³-hybridized carbons (Fsp3) is 0.250. The van der Waals surface area contributed by atoms with Gasteiger partial charge in [-0.1, -0.05) is 22.0 Å². The van der Waals surface area contributed by atoms with Crippen LogP contribution in [0.3, 0.4) is 0 Å². The van der Waals surface area contributed by atoms with E-state index in [9.17, 15) is 4.79 Å². The average Bonchev–Trinajstić information content (AvgIpc) is 2.50. The van der Waals surface area contributed by atoms with Crippen LogP contribution < -0.4 is 10.6 Å². The maximum absolute atomic E-state index is 11.8. The molecule has 0 bridgehead atoms. The Hall–Kier alpha value is -1.72. The fourth-order valence-corrected chi connectivity index (χ4v) is 2.16. The third-order valence-corrected chi connectivity index (χ3v) is 3.59. The SMILES string of the molecule is CC(NCCC(=O)Nc1ccc(Br)cc1)c1ccccn1. The van der Waals surface area contributed by atoms with Gasteiger partial charge in [0.2, 0.25) is 5.91 Å². The molecule has 2 aromatic rings. The molecule has 0 aliphatic heterocycles. The van der Waals surface area contributed by atoms with E-state index in [1.807, 2.05) is 49.4 Å². The van der Waals surface area contributed by atoms with Crippen LogP contribution in [0, 0.1) is 0 Å². The van der Waals surface area contributed by atoms with Crippen molar-refractivity contribution in [2.24, 2.45) is 0 Å². The van der Waals surface area contributed by atoms with Crippen molar-refractivity contribution < 1.29 is 4.79 Å². The second-order valence-corrected chi connectivity index (χ2v) is 5.65. The van der Waals surface area contributed by atoms with E-state index in [1.165, 1.54) is 0 Å².